The lowest BCUT2D eigenvalue weighted by Gasteiger charge is -2.23. The summed E-state index contributed by atoms with van der Waals surface area (Å²) in [5.41, 5.74) is 0.401. The van der Waals surface area contributed by atoms with Gasteiger partial charge in [-0.15, -0.1) is 0 Å². The molecule has 1 aromatic heterocycles. The molecule has 2 aromatic carbocycles. The summed E-state index contributed by atoms with van der Waals surface area (Å²) < 4.78 is 2.56. The number of para-hydroxylation sites is 1. The van der Waals surface area contributed by atoms with Gasteiger partial charge in [0.05, 0.1) is 10.9 Å². The van der Waals surface area contributed by atoms with E-state index in [0.717, 1.165) is 31.2 Å². The monoisotopic (exact) mass is 524 g/mol. The maximum Gasteiger partial charge on any atom is 0.331 e. The van der Waals surface area contributed by atoms with Crippen molar-refractivity contribution in [2.75, 3.05) is 0 Å². The Labute approximate surface area is 220 Å². The van der Waals surface area contributed by atoms with Gasteiger partial charge in [0, 0.05) is 30.6 Å². The van der Waals surface area contributed by atoms with Crippen LogP contribution in [0.3, 0.4) is 0 Å². The van der Waals surface area contributed by atoms with Crippen molar-refractivity contribution in [2.45, 2.75) is 77.0 Å². The Bertz CT molecular complexity index is 1370. The number of benzene rings is 2. The lowest BCUT2D eigenvalue weighted by Crippen LogP contribution is -2.44. The molecule has 1 heterocycles. The van der Waals surface area contributed by atoms with Gasteiger partial charge in [-0.05, 0) is 49.4 Å². The van der Waals surface area contributed by atoms with Crippen LogP contribution in [0.4, 0.5) is 0 Å². The summed E-state index contributed by atoms with van der Waals surface area (Å²) >= 11 is 6.13. The number of carbonyl (C=O) groups is 2. The molecule has 4 rings (SSSR count). The molecular formula is C28H33ClN4O4. The predicted octanol–water partition coefficient (Wildman–Crippen LogP) is 3.75. The SMILES string of the molecule is O=C(CCCCn1c(=O)c2ccccc2n(CC(=O)NC2CCCCC2)c1=O)NCc1ccccc1Cl. The van der Waals surface area contributed by atoms with E-state index in [2.05, 4.69) is 10.6 Å². The van der Waals surface area contributed by atoms with Crippen molar-refractivity contribution in [1.29, 1.82) is 0 Å². The first kappa shape index (κ1) is 26.7. The minimum atomic E-state index is -0.509. The molecule has 0 atom stereocenters. The Morgan fingerprint density at radius 1 is 0.892 bits per heavy atom. The van der Waals surface area contributed by atoms with Crippen LogP contribution in [-0.2, 0) is 29.2 Å². The number of nitrogens with zero attached hydrogens (tertiary/aromatic N) is 2. The molecule has 37 heavy (non-hydrogen) atoms. The molecule has 3 aromatic rings. The number of unbranched alkanes of at least 4 members (excludes halogenated alkanes) is 1. The maximum atomic E-state index is 13.3. The number of rotatable bonds is 10. The summed E-state index contributed by atoms with van der Waals surface area (Å²) in [6.45, 7) is 0.376. The van der Waals surface area contributed by atoms with Gasteiger partial charge in [-0.2, -0.15) is 0 Å². The Kier molecular flexibility index (Phi) is 9.17. The predicted molar refractivity (Wildman–Crippen MR) is 145 cm³/mol. The number of aromatic nitrogens is 2. The fourth-order valence-corrected chi connectivity index (χ4v) is 5.07. The molecule has 1 saturated carbocycles. The van der Waals surface area contributed by atoms with E-state index >= 15 is 0 Å². The van der Waals surface area contributed by atoms with Gasteiger partial charge in [-0.25, -0.2) is 4.79 Å². The number of fused-ring (bicyclic) bond motifs is 1. The zero-order chi connectivity index (χ0) is 26.2. The Morgan fingerprint density at radius 2 is 1.62 bits per heavy atom. The third kappa shape index (κ3) is 6.89. The molecule has 196 valence electrons. The fourth-order valence-electron chi connectivity index (χ4n) is 4.86. The first-order valence-corrected chi connectivity index (χ1v) is 13.3. The van der Waals surface area contributed by atoms with Gasteiger partial charge in [0.1, 0.15) is 6.54 Å². The van der Waals surface area contributed by atoms with Gasteiger partial charge in [0.2, 0.25) is 11.8 Å². The fraction of sp³-hybridized carbons (Fsp3) is 0.429. The van der Waals surface area contributed by atoms with Gasteiger partial charge in [0.15, 0.2) is 0 Å². The first-order chi connectivity index (χ1) is 17.9. The van der Waals surface area contributed by atoms with E-state index in [4.69, 9.17) is 11.6 Å². The minimum absolute atomic E-state index is 0.123. The van der Waals surface area contributed by atoms with Gasteiger partial charge in [-0.1, -0.05) is 61.2 Å². The molecule has 0 saturated heterocycles. The van der Waals surface area contributed by atoms with E-state index in [1.165, 1.54) is 15.6 Å². The number of hydrogen-bond donors (Lipinski definition) is 2. The summed E-state index contributed by atoms with van der Waals surface area (Å²) in [7, 11) is 0. The second-order valence-electron chi connectivity index (χ2n) is 9.57. The van der Waals surface area contributed by atoms with Gasteiger partial charge < -0.3 is 10.6 Å². The zero-order valence-corrected chi connectivity index (χ0v) is 21.6. The van der Waals surface area contributed by atoms with Crippen LogP contribution >= 0.6 is 11.6 Å². The lowest BCUT2D eigenvalue weighted by molar-refractivity contribution is -0.123. The van der Waals surface area contributed by atoms with E-state index in [1.54, 1.807) is 30.3 Å². The molecule has 1 fully saturated rings. The van der Waals surface area contributed by atoms with E-state index in [-0.39, 0.29) is 42.9 Å². The first-order valence-electron chi connectivity index (χ1n) is 13.0. The zero-order valence-electron chi connectivity index (χ0n) is 20.9. The Morgan fingerprint density at radius 3 is 2.41 bits per heavy atom. The van der Waals surface area contributed by atoms with Crippen LogP contribution in [0, 0.1) is 0 Å². The van der Waals surface area contributed by atoms with Crippen molar-refractivity contribution < 1.29 is 9.59 Å². The molecule has 0 bridgehead atoms. The van der Waals surface area contributed by atoms with Crippen molar-refractivity contribution >= 4 is 34.3 Å². The van der Waals surface area contributed by atoms with Crippen LogP contribution < -0.4 is 21.9 Å². The summed E-state index contributed by atoms with van der Waals surface area (Å²) in [6.07, 6.45) is 6.53. The third-order valence-corrected chi connectivity index (χ3v) is 7.24. The molecule has 8 nitrogen and oxygen atoms in total. The average molecular weight is 525 g/mol. The highest BCUT2D eigenvalue weighted by molar-refractivity contribution is 6.31. The molecule has 9 heteroatoms. The van der Waals surface area contributed by atoms with Crippen molar-refractivity contribution in [2.24, 2.45) is 0 Å². The van der Waals surface area contributed by atoms with Crippen molar-refractivity contribution in [3.05, 3.63) is 80.0 Å². The average Bonchev–Trinajstić information content (AvgIpc) is 2.90. The normalized spacial score (nSPS) is 14.0. The third-order valence-electron chi connectivity index (χ3n) is 6.87. The number of halogens is 1. The van der Waals surface area contributed by atoms with Crippen LogP contribution in [0.5, 0.6) is 0 Å². The topological polar surface area (TPSA) is 102 Å². The van der Waals surface area contributed by atoms with Crippen LogP contribution in [0.2, 0.25) is 5.02 Å². The second-order valence-corrected chi connectivity index (χ2v) is 9.98. The number of hydrogen-bond acceptors (Lipinski definition) is 4. The van der Waals surface area contributed by atoms with E-state index < -0.39 is 5.69 Å². The molecule has 0 spiro atoms. The summed E-state index contributed by atoms with van der Waals surface area (Å²) in [5.74, 6) is -0.345. The quantitative estimate of drug-likeness (QED) is 0.394. The Balaban J connectivity index is 1.39. The molecule has 1 aliphatic rings. The van der Waals surface area contributed by atoms with Crippen LogP contribution in [0.25, 0.3) is 10.9 Å². The molecule has 2 N–H and O–H groups in total. The highest BCUT2D eigenvalue weighted by Crippen LogP contribution is 2.17. The molecule has 0 aliphatic heterocycles. The van der Waals surface area contributed by atoms with Gasteiger partial charge >= 0.3 is 5.69 Å². The van der Waals surface area contributed by atoms with Gasteiger partial charge in [0.25, 0.3) is 5.56 Å². The number of carbonyl (C=O) groups excluding carboxylic acids is 2. The summed E-state index contributed by atoms with van der Waals surface area (Å²) in [6, 6.07) is 14.3. The number of nitrogens with one attached hydrogen (secondary N) is 2. The minimum Gasteiger partial charge on any atom is -0.352 e. The molecular weight excluding hydrogens is 492 g/mol. The highest BCUT2D eigenvalue weighted by Gasteiger charge is 2.19. The van der Waals surface area contributed by atoms with E-state index in [1.807, 2.05) is 18.2 Å². The maximum absolute atomic E-state index is 13.3. The molecule has 1 aliphatic carbocycles. The second kappa shape index (κ2) is 12.7. The summed E-state index contributed by atoms with van der Waals surface area (Å²) in [4.78, 5) is 51.4. The lowest BCUT2D eigenvalue weighted by atomic mass is 9.95. The van der Waals surface area contributed by atoms with E-state index in [0.29, 0.717) is 35.3 Å². The standard InChI is InChI=1S/C28H33ClN4O4/c29-23-14-6-4-10-20(23)18-30-25(34)16-8-9-17-32-27(36)22-13-5-7-15-24(22)33(28(32)37)19-26(35)31-21-11-2-1-3-12-21/h4-7,10,13-15,21H,1-3,8-9,11-12,16-19H2,(H,30,34)(H,31,35). The van der Waals surface area contributed by atoms with Crippen LogP contribution in [-0.4, -0.2) is 27.0 Å². The molecule has 0 radical (unpaired) electrons. The van der Waals surface area contributed by atoms with Gasteiger partial charge in [-0.3, -0.25) is 23.5 Å². The summed E-state index contributed by atoms with van der Waals surface area (Å²) in [5, 5.41) is 6.89. The van der Waals surface area contributed by atoms with E-state index in [9.17, 15) is 19.2 Å². The van der Waals surface area contributed by atoms with Crippen LogP contribution in [0.1, 0.15) is 56.9 Å². The molecule has 2 amide bonds. The molecule has 0 unspecified atom stereocenters. The number of amides is 2. The smallest absolute Gasteiger partial charge is 0.331 e. The van der Waals surface area contributed by atoms with Crippen molar-refractivity contribution in [1.82, 2.24) is 19.8 Å². The van der Waals surface area contributed by atoms with Crippen LogP contribution in [0.15, 0.2) is 58.1 Å². The largest absolute Gasteiger partial charge is 0.352 e. The van der Waals surface area contributed by atoms with Crippen molar-refractivity contribution in [3.63, 3.8) is 0 Å². The van der Waals surface area contributed by atoms with Crippen molar-refractivity contribution in [3.8, 4) is 0 Å². The highest BCUT2D eigenvalue weighted by atomic mass is 35.5. The Hall–Kier alpha value is -3.39.